The number of nitrogens with one attached hydrogen (secondary N) is 2. The molecule has 0 atom stereocenters. The molecular weight excluding hydrogens is 400 g/mol. The number of methoxy groups -OCH3 is 1. The fourth-order valence-corrected chi connectivity index (χ4v) is 4.84. The highest BCUT2D eigenvalue weighted by Crippen LogP contribution is 2.30. The summed E-state index contributed by atoms with van der Waals surface area (Å²) in [4.78, 5) is 12.5. The van der Waals surface area contributed by atoms with E-state index in [1.54, 1.807) is 30.3 Å². The molecular formula is C23H22N2O4S. The van der Waals surface area contributed by atoms with Gasteiger partial charge in [-0.25, -0.2) is 8.42 Å². The summed E-state index contributed by atoms with van der Waals surface area (Å²) in [6.45, 7) is 0. The van der Waals surface area contributed by atoms with Crippen molar-refractivity contribution in [2.75, 3.05) is 17.1 Å². The molecule has 0 unspecified atom stereocenters. The topological polar surface area (TPSA) is 84.5 Å². The first kappa shape index (κ1) is 20.0. The number of carbonyl (C=O) groups excluding carboxylic acids is 1. The van der Waals surface area contributed by atoms with E-state index in [0.717, 1.165) is 24.8 Å². The fourth-order valence-electron chi connectivity index (χ4n) is 3.60. The number of aryl methyl sites for hydroxylation is 2. The number of hydrogen-bond donors (Lipinski definition) is 2. The number of ether oxygens (including phenoxy) is 1. The van der Waals surface area contributed by atoms with E-state index in [2.05, 4.69) is 10.0 Å². The molecule has 1 amide bonds. The average Bonchev–Trinajstić information content (AvgIpc) is 3.21. The van der Waals surface area contributed by atoms with E-state index < -0.39 is 15.9 Å². The van der Waals surface area contributed by atoms with Gasteiger partial charge in [-0.3, -0.25) is 9.52 Å². The maximum Gasteiger partial charge on any atom is 0.265 e. The fraction of sp³-hybridized carbons (Fsp3) is 0.174. The normalized spacial score (nSPS) is 12.8. The van der Waals surface area contributed by atoms with Crippen molar-refractivity contribution in [1.82, 2.24) is 0 Å². The molecule has 0 aromatic heterocycles. The second kappa shape index (κ2) is 8.20. The van der Waals surface area contributed by atoms with Crippen molar-refractivity contribution in [3.05, 3.63) is 83.4 Å². The van der Waals surface area contributed by atoms with Gasteiger partial charge in [0.1, 0.15) is 10.6 Å². The second-order valence-corrected chi connectivity index (χ2v) is 8.78. The Morgan fingerprint density at radius 1 is 0.900 bits per heavy atom. The molecule has 7 heteroatoms. The zero-order valence-electron chi connectivity index (χ0n) is 16.5. The van der Waals surface area contributed by atoms with Gasteiger partial charge in [0.2, 0.25) is 0 Å². The number of para-hydroxylation sites is 1. The van der Waals surface area contributed by atoms with Crippen LogP contribution in [0, 0.1) is 0 Å². The van der Waals surface area contributed by atoms with Crippen molar-refractivity contribution < 1.29 is 17.9 Å². The summed E-state index contributed by atoms with van der Waals surface area (Å²) >= 11 is 0. The molecule has 1 aliphatic carbocycles. The molecule has 30 heavy (non-hydrogen) atoms. The first-order chi connectivity index (χ1) is 14.5. The number of rotatable bonds is 6. The van der Waals surface area contributed by atoms with E-state index in [9.17, 15) is 13.2 Å². The zero-order chi connectivity index (χ0) is 21.1. The van der Waals surface area contributed by atoms with Crippen LogP contribution in [0.1, 0.15) is 27.9 Å². The third-order valence-electron chi connectivity index (χ3n) is 5.10. The van der Waals surface area contributed by atoms with Crippen molar-refractivity contribution in [2.24, 2.45) is 0 Å². The summed E-state index contributed by atoms with van der Waals surface area (Å²) < 4.78 is 34.0. The van der Waals surface area contributed by atoms with Crippen LogP contribution in [0.5, 0.6) is 5.75 Å². The minimum atomic E-state index is -3.96. The summed E-state index contributed by atoms with van der Waals surface area (Å²) in [5, 5.41) is 2.76. The number of anilines is 2. The SMILES string of the molecule is COc1ccc(C(=O)Nc2ccccc2)cc1S(=O)(=O)Nc1ccc2c(c1)CCC2. The molecule has 0 saturated carbocycles. The standard InChI is InChI=1S/C23H22N2O4S/c1-29-21-13-11-18(23(26)24-19-8-3-2-4-9-19)15-22(21)30(27,28)25-20-12-10-16-6-5-7-17(16)14-20/h2-4,8-15,25H,5-7H2,1H3,(H,24,26). The predicted molar refractivity (Wildman–Crippen MR) is 117 cm³/mol. The summed E-state index contributed by atoms with van der Waals surface area (Å²) in [7, 11) is -2.56. The van der Waals surface area contributed by atoms with Crippen LogP contribution in [-0.2, 0) is 22.9 Å². The third kappa shape index (κ3) is 4.16. The van der Waals surface area contributed by atoms with Crippen LogP contribution in [0.15, 0.2) is 71.6 Å². The monoisotopic (exact) mass is 422 g/mol. The van der Waals surface area contributed by atoms with Gasteiger partial charge in [-0.2, -0.15) is 0 Å². The number of hydrogen-bond acceptors (Lipinski definition) is 4. The summed E-state index contributed by atoms with van der Waals surface area (Å²) in [5.41, 5.74) is 3.76. The van der Waals surface area contributed by atoms with Crippen molar-refractivity contribution >= 4 is 27.3 Å². The van der Waals surface area contributed by atoms with Crippen LogP contribution in [0.3, 0.4) is 0 Å². The highest BCUT2D eigenvalue weighted by Gasteiger charge is 2.23. The lowest BCUT2D eigenvalue weighted by molar-refractivity contribution is 0.102. The Kier molecular flexibility index (Phi) is 5.46. The highest BCUT2D eigenvalue weighted by molar-refractivity contribution is 7.92. The number of fused-ring (bicyclic) bond motifs is 1. The number of amides is 1. The van der Waals surface area contributed by atoms with Gasteiger partial charge in [0.05, 0.1) is 7.11 Å². The van der Waals surface area contributed by atoms with Crippen molar-refractivity contribution in [3.8, 4) is 5.75 Å². The molecule has 0 heterocycles. The lowest BCUT2D eigenvalue weighted by atomic mass is 10.1. The molecule has 2 N–H and O–H groups in total. The first-order valence-electron chi connectivity index (χ1n) is 9.65. The molecule has 3 aromatic rings. The Labute approximate surface area is 176 Å². The molecule has 3 aromatic carbocycles. The molecule has 0 aliphatic heterocycles. The predicted octanol–water partition coefficient (Wildman–Crippen LogP) is 4.24. The maximum absolute atomic E-state index is 13.1. The van der Waals surface area contributed by atoms with E-state index in [1.807, 2.05) is 18.2 Å². The van der Waals surface area contributed by atoms with E-state index in [-0.39, 0.29) is 16.2 Å². The van der Waals surface area contributed by atoms with Crippen LogP contribution >= 0.6 is 0 Å². The van der Waals surface area contributed by atoms with Gasteiger partial charge < -0.3 is 10.1 Å². The quantitative estimate of drug-likeness (QED) is 0.622. The number of benzene rings is 3. The molecule has 0 radical (unpaired) electrons. The molecule has 0 spiro atoms. The molecule has 154 valence electrons. The van der Waals surface area contributed by atoms with Gasteiger partial charge in [-0.05, 0) is 72.9 Å². The van der Waals surface area contributed by atoms with Gasteiger partial charge in [-0.1, -0.05) is 24.3 Å². The highest BCUT2D eigenvalue weighted by atomic mass is 32.2. The zero-order valence-corrected chi connectivity index (χ0v) is 17.3. The van der Waals surface area contributed by atoms with Gasteiger partial charge >= 0.3 is 0 Å². The number of sulfonamides is 1. The Bertz CT molecular complexity index is 1190. The maximum atomic E-state index is 13.1. The molecule has 0 saturated heterocycles. The van der Waals surface area contributed by atoms with Gasteiger partial charge in [0, 0.05) is 16.9 Å². The van der Waals surface area contributed by atoms with Gasteiger partial charge in [-0.15, -0.1) is 0 Å². The van der Waals surface area contributed by atoms with Crippen LogP contribution in [0.4, 0.5) is 11.4 Å². The second-order valence-electron chi connectivity index (χ2n) is 7.13. The minimum absolute atomic E-state index is 0.0915. The van der Waals surface area contributed by atoms with Gasteiger partial charge in [0.15, 0.2) is 0 Å². The average molecular weight is 423 g/mol. The Balaban J connectivity index is 1.63. The molecule has 6 nitrogen and oxygen atoms in total. The molecule has 1 aliphatic rings. The summed E-state index contributed by atoms with van der Waals surface area (Å²) in [5.74, 6) is -0.238. The molecule has 0 fully saturated rings. The Morgan fingerprint density at radius 3 is 2.43 bits per heavy atom. The van der Waals surface area contributed by atoms with Crippen molar-refractivity contribution in [1.29, 1.82) is 0 Å². The Hall–Kier alpha value is -3.32. The third-order valence-corrected chi connectivity index (χ3v) is 6.50. The minimum Gasteiger partial charge on any atom is -0.495 e. The lowest BCUT2D eigenvalue weighted by Crippen LogP contribution is -2.17. The number of carbonyl (C=O) groups is 1. The van der Waals surface area contributed by atoms with Gasteiger partial charge in [0.25, 0.3) is 15.9 Å². The van der Waals surface area contributed by atoms with Crippen LogP contribution in [-0.4, -0.2) is 21.4 Å². The van der Waals surface area contributed by atoms with Crippen molar-refractivity contribution in [2.45, 2.75) is 24.2 Å². The van der Waals surface area contributed by atoms with Crippen LogP contribution in [0.25, 0.3) is 0 Å². The largest absolute Gasteiger partial charge is 0.495 e. The summed E-state index contributed by atoms with van der Waals surface area (Å²) in [6, 6.07) is 18.9. The van der Waals surface area contributed by atoms with E-state index >= 15 is 0 Å². The van der Waals surface area contributed by atoms with E-state index in [1.165, 1.54) is 30.9 Å². The molecule has 0 bridgehead atoms. The van der Waals surface area contributed by atoms with Crippen LogP contribution < -0.4 is 14.8 Å². The van der Waals surface area contributed by atoms with E-state index in [0.29, 0.717) is 11.4 Å². The smallest absolute Gasteiger partial charge is 0.265 e. The van der Waals surface area contributed by atoms with Crippen LogP contribution in [0.2, 0.25) is 0 Å². The van der Waals surface area contributed by atoms with Crippen molar-refractivity contribution in [3.63, 3.8) is 0 Å². The first-order valence-corrected chi connectivity index (χ1v) is 11.1. The Morgan fingerprint density at radius 2 is 1.67 bits per heavy atom. The van der Waals surface area contributed by atoms with E-state index in [4.69, 9.17) is 4.74 Å². The summed E-state index contributed by atoms with van der Waals surface area (Å²) in [6.07, 6.45) is 3.05. The molecule has 4 rings (SSSR count). The lowest BCUT2D eigenvalue weighted by Gasteiger charge is -2.14.